The van der Waals surface area contributed by atoms with E-state index < -0.39 is 0 Å². The van der Waals surface area contributed by atoms with Gasteiger partial charge in [0.15, 0.2) is 5.96 Å². The molecule has 0 aromatic carbocycles. The number of aromatic nitrogens is 2. The Bertz CT molecular complexity index is 483. The van der Waals surface area contributed by atoms with Crippen LogP contribution >= 0.6 is 0 Å². The lowest BCUT2D eigenvalue weighted by atomic mass is 10.3. The van der Waals surface area contributed by atoms with Gasteiger partial charge >= 0.3 is 0 Å². The molecule has 0 radical (unpaired) electrons. The Kier molecular flexibility index (Phi) is 7.35. The highest BCUT2D eigenvalue weighted by atomic mass is 15.3. The van der Waals surface area contributed by atoms with E-state index in [1.165, 1.54) is 32.6 Å². The first kappa shape index (κ1) is 17.7. The van der Waals surface area contributed by atoms with E-state index in [2.05, 4.69) is 37.6 Å². The zero-order valence-corrected chi connectivity index (χ0v) is 14.8. The second-order valence-electron chi connectivity index (χ2n) is 6.15. The van der Waals surface area contributed by atoms with E-state index in [4.69, 9.17) is 0 Å². The molecule has 1 aliphatic rings. The minimum Gasteiger partial charge on any atom is -0.356 e. The molecule has 1 aliphatic heterocycles. The Morgan fingerprint density at radius 1 is 1.22 bits per heavy atom. The Labute approximate surface area is 139 Å². The normalized spacial score (nSPS) is 18.0. The standard InChI is InChI=1S/C16H31N7/c1-17-16(19-14-15-6-8-20-22(15)3)18-7-4-10-23-11-5-9-21(2)12-13-23/h6,8H,4-5,7,9-14H2,1-3H3,(H2,17,18,19). The van der Waals surface area contributed by atoms with Crippen molar-refractivity contribution in [2.75, 3.05) is 53.4 Å². The molecule has 1 saturated heterocycles. The van der Waals surface area contributed by atoms with Crippen LogP contribution in [0.1, 0.15) is 18.5 Å². The van der Waals surface area contributed by atoms with Gasteiger partial charge in [-0.25, -0.2) is 0 Å². The molecule has 130 valence electrons. The number of nitrogens with one attached hydrogen (secondary N) is 2. The van der Waals surface area contributed by atoms with Gasteiger partial charge in [0.1, 0.15) is 0 Å². The van der Waals surface area contributed by atoms with Crippen LogP contribution in [0.25, 0.3) is 0 Å². The molecule has 0 saturated carbocycles. The summed E-state index contributed by atoms with van der Waals surface area (Å²) in [4.78, 5) is 9.26. The molecule has 2 N–H and O–H groups in total. The van der Waals surface area contributed by atoms with Crippen molar-refractivity contribution in [3.63, 3.8) is 0 Å². The fourth-order valence-corrected chi connectivity index (χ4v) is 2.80. The first-order chi connectivity index (χ1) is 11.2. The number of hydrogen-bond donors (Lipinski definition) is 2. The van der Waals surface area contributed by atoms with E-state index in [0.717, 1.165) is 37.7 Å². The van der Waals surface area contributed by atoms with Gasteiger partial charge in [0.05, 0.1) is 12.2 Å². The maximum atomic E-state index is 4.27. The summed E-state index contributed by atoms with van der Waals surface area (Å²) in [7, 11) is 5.97. The number of likely N-dealkylation sites (N-methyl/N-ethyl adjacent to an activating group) is 1. The number of hydrogen-bond acceptors (Lipinski definition) is 4. The molecule has 0 aliphatic carbocycles. The highest BCUT2D eigenvalue weighted by molar-refractivity contribution is 5.79. The number of aryl methyl sites for hydroxylation is 1. The molecule has 0 unspecified atom stereocenters. The largest absolute Gasteiger partial charge is 0.356 e. The minimum atomic E-state index is 0.731. The van der Waals surface area contributed by atoms with Gasteiger partial charge < -0.3 is 20.4 Å². The fraction of sp³-hybridized carbons (Fsp3) is 0.750. The van der Waals surface area contributed by atoms with Crippen molar-refractivity contribution < 1.29 is 0 Å². The van der Waals surface area contributed by atoms with E-state index in [1.807, 2.05) is 31.0 Å². The smallest absolute Gasteiger partial charge is 0.191 e. The van der Waals surface area contributed by atoms with Gasteiger partial charge in [-0.2, -0.15) is 5.10 Å². The fourth-order valence-electron chi connectivity index (χ4n) is 2.80. The summed E-state index contributed by atoms with van der Waals surface area (Å²) in [6.07, 6.45) is 4.22. The molecule has 0 amide bonds. The molecule has 1 aromatic heterocycles. The number of guanidine groups is 1. The van der Waals surface area contributed by atoms with Gasteiger partial charge in [-0.15, -0.1) is 0 Å². The van der Waals surface area contributed by atoms with Crippen LogP contribution < -0.4 is 10.6 Å². The molecule has 23 heavy (non-hydrogen) atoms. The second-order valence-corrected chi connectivity index (χ2v) is 6.15. The van der Waals surface area contributed by atoms with Crippen molar-refractivity contribution in [1.29, 1.82) is 0 Å². The van der Waals surface area contributed by atoms with Gasteiger partial charge in [-0.05, 0) is 45.6 Å². The van der Waals surface area contributed by atoms with Crippen molar-refractivity contribution in [2.45, 2.75) is 19.4 Å². The van der Waals surface area contributed by atoms with Crippen LogP contribution in [0.4, 0.5) is 0 Å². The van der Waals surface area contributed by atoms with E-state index in [1.54, 1.807) is 0 Å². The lowest BCUT2D eigenvalue weighted by Crippen LogP contribution is -2.39. The molecule has 7 nitrogen and oxygen atoms in total. The lowest BCUT2D eigenvalue weighted by molar-refractivity contribution is 0.274. The Hall–Kier alpha value is -1.60. The van der Waals surface area contributed by atoms with Crippen LogP contribution in [0.5, 0.6) is 0 Å². The zero-order chi connectivity index (χ0) is 16.5. The summed E-state index contributed by atoms with van der Waals surface area (Å²) in [5.41, 5.74) is 1.14. The summed E-state index contributed by atoms with van der Waals surface area (Å²) in [5.74, 6) is 0.849. The van der Waals surface area contributed by atoms with Gasteiger partial charge in [0.25, 0.3) is 0 Å². The summed E-state index contributed by atoms with van der Waals surface area (Å²) in [6.45, 7) is 7.63. The summed E-state index contributed by atoms with van der Waals surface area (Å²) in [5, 5.41) is 10.9. The Balaban J connectivity index is 1.61. The first-order valence-corrected chi connectivity index (χ1v) is 8.51. The molecule has 7 heteroatoms. The highest BCUT2D eigenvalue weighted by Crippen LogP contribution is 2.01. The topological polar surface area (TPSA) is 60.7 Å². The third kappa shape index (κ3) is 6.19. The van der Waals surface area contributed by atoms with Gasteiger partial charge in [-0.3, -0.25) is 9.67 Å². The highest BCUT2D eigenvalue weighted by Gasteiger charge is 2.11. The Morgan fingerprint density at radius 2 is 2.09 bits per heavy atom. The van der Waals surface area contributed by atoms with Gasteiger partial charge in [0, 0.05) is 39.9 Å². The number of nitrogens with zero attached hydrogens (tertiary/aromatic N) is 5. The first-order valence-electron chi connectivity index (χ1n) is 8.51. The van der Waals surface area contributed by atoms with E-state index in [9.17, 15) is 0 Å². The van der Waals surface area contributed by atoms with Crippen LogP contribution in [0.2, 0.25) is 0 Å². The van der Waals surface area contributed by atoms with Crippen LogP contribution in [0.15, 0.2) is 17.3 Å². The van der Waals surface area contributed by atoms with E-state index in [0.29, 0.717) is 0 Å². The monoisotopic (exact) mass is 321 g/mol. The molecule has 0 bridgehead atoms. The number of rotatable bonds is 6. The molecule has 1 aromatic rings. The van der Waals surface area contributed by atoms with Crippen LogP contribution in [-0.4, -0.2) is 78.9 Å². The van der Waals surface area contributed by atoms with Crippen molar-refractivity contribution in [2.24, 2.45) is 12.0 Å². The van der Waals surface area contributed by atoms with Crippen molar-refractivity contribution in [3.05, 3.63) is 18.0 Å². The predicted octanol–water partition coefficient (Wildman–Crippen LogP) is 0.113. The van der Waals surface area contributed by atoms with Crippen LogP contribution in [0, 0.1) is 0 Å². The molecule has 2 rings (SSSR count). The molecule has 0 spiro atoms. The van der Waals surface area contributed by atoms with Gasteiger partial charge in [0.2, 0.25) is 0 Å². The number of aliphatic imine (C=N–C) groups is 1. The zero-order valence-electron chi connectivity index (χ0n) is 14.8. The molecular formula is C16H31N7. The van der Waals surface area contributed by atoms with Crippen LogP contribution in [-0.2, 0) is 13.6 Å². The molecule has 0 atom stereocenters. The van der Waals surface area contributed by atoms with Crippen molar-refractivity contribution in [3.8, 4) is 0 Å². The lowest BCUT2D eigenvalue weighted by Gasteiger charge is -2.20. The summed E-state index contributed by atoms with van der Waals surface area (Å²) in [6, 6.07) is 2.01. The summed E-state index contributed by atoms with van der Waals surface area (Å²) < 4.78 is 1.87. The SMILES string of the molecule is CN=C(NCCCN1CCCN(C)CC1)NCc1ccnn1C. The minimum absolute atomic E-state index is 0.731. The molecular weight excluding hydrogens is 290 g/mol. The predicted molar refractivity (Wildman–Crippen MR) is 94.6 cm³/mol. The third-order valence-corrected chi connectivity index (χ3v) is 4.34. The maximum absolute atomic E-state index is 4.27. The molecule has 1 fully saturated rings. The quantitative estimate of drug-likeness (QED) is 0.442. The maximum Gasteiger partial charge on any atom is 0.191 e. The summed E-state index contributed by atoms with van der Waals surface area (Å²) >= 11 is 0. The van der Waals surface area contributed by atoms with Crippen LogP contribution in [0.3, 0.4) is 0 Å². The average Bonchev–Trinajstić information content (AvgIpc) is 2.84. The average molecular weight is 321 g/mol. The van der Waals surface area contributed by atoms with Gasteiger partial charge in [-0.1, -0.05) is 0 Å². The van der Waals surface area contributed by atoms with Crippen molar-refractivity contribution >= 4 is 5.96 Å². The van der Waals surface area contributed by atoms with E-state index in [-0.39, 0.29) is 0 Å². The van der Waals surface area contributed by atoms with Crippen molar-refractivity contribution in [1.82, 2.24) is 30.2 Å². The third-order valence-electron chi connectivity index (χ3n) is 4.34. The van der Waals surface area contributed by atoms with E-state index >= 15 is 0 Å². The molecule has 2 heterocycles. The second kappa shape index (κ2) is 9.52. The Morgan fingerprint density at radius 3 is 2.83 bits per heavy atom.